The van der Waals surface area contributed by atoms with E-state index in [1.54, 1.807) is 7.11 Å². The number of carbonyl (C=O) groups is 1. The fourth-order valence-electron chi connectivity index (χ4n) is 2.95. The number of carbonyl (C=O) groups excluding carboxylic acids is 1. The second-order valence-corrected chi connectivity index (χ2v) is 5.56. The summed E-state index contributed by atoms with van der Waals surface area (Å²) >= 11 is 0. The highest BCUT2D eigenvalue weighted by Gasteiger charge is 2.44. The molecule has 0 radical (unpaired) electrons. The quantitative estimate of drug-likeness (QED) is 0.913. The first-order chi connectivity index (χ1) is 10.7. The first kappa shape index (κ1) is 15.4. The van der Waals surface area contributed by atoms with Gasteiger partial charge in [0.15, 0.2) is 12.6 Å². The van der Waals surface area contributed by atoms with Crippen LogP contribution < -0.4 is 5.32 Å². The van der Waals surface area contributed by atoms with E-state index in [2.05, 4.69) is 5.32 Å². The molecule has 2 saturated heterocycles. The van der Waals surface area contributed by atoms with Gasteiger partial charge in [-0.15, -0.1) is 0 Å². The van der Waals surface area contributed by atoms with Crippen molar-refractivity contribution >= 4 is 5.91 Å². The molecule has 6 nitrogen and oxygen atoms in total. The van der Waals surface area contributed by atoms with Gasteiger partial charge in [0.05, 0.1) is 12.6 Å². The van der Waals surface area contributed by atoms with Crippen LogP contribution in [0.4, 0.5) is 0 Å². The summed E-state index contributed by atoms with van der Waals surface area (Å²) in [6, 6.07) is 9.59. The Morgan fingerprint density at radius 1 is 1.27 bits per heavy atom. The van der Waals surface area contributed by atoms with E-state index in [0.717, 1.165) is 5.56 Å². The van der Waals surface area contributed by atoms with Crippen molar-refractivity contribution in [3.05, 3.63) is 35.9 Å². The second kappa shape index (κ2) is 6.75. The number of rotatable bonds is 3. The van der Waals surface area contributed by atoms with Crippen LogP contribution in [0.3, 0.4) is 0 Å². The third kappa shape index (κ3) is 3.30. The highest BCUT2D eigenvalue weighted by atomic mass is 16.7. The third-order valence-electron chi connectivity index (χ3n) is 3.95. The standard InChI is InChI=1S/C16H21NO5/c1-10(18)17-12-8-14(19-2)21-13-9-20-16(22-15(12)13)11-6-4-3-5-7-11/h3-7,12-16H,8-9H2,1-2H3,(H,17,18)/t12-,13+,14-,15-,16+/m0/s1. The van der Waals surface area contributed by atoms with E-state index >= 15 is 0 Å². The molecule has 1 aromatic rings. The number of ether oxygens (including phenoxy) is 4. The molecule has 2 heterocycles. The molecular weight excluding hydrogens is 286 g/mol. The summed E-state index contributed by atoms with van der Waals surface area (Å²) in [5.74, 6) is -0.0909. The molecule has 2 fully saturated rings. The fourth-order valence-corrected chi connectivity index (χ4v) is 2.95. The topological polar surface area (TPSA) is 66.0 Å². The van der Waals surface area contributed by atoms with Gasteiger partial charge in [0.1, 0.15) is 12.2 Å². The molecule has 0 saturated carbocycles. The summed E-state index contributed by atoms with van der Waals surface area (Å²) < 4.78 is 22.9. The summed E-state index contributed by atoms with van der Waals surface area (Å²) in [6.45, 7) is 1.90. The molecule has 6 heteroatoms. The van der Waals surface area contributed by atoms with E-state index in [4.69, 9.17) is 18.9 Å². The summed E-state index contributed by atoms with van der Waals surface area (Å²) in [5.41, 5.74) is 0.955. The lowest BCUT2D eigenvalue weighted by molar-refractivity contribution is -0.319. The van der Waals surface area contributed by atoms with Crippen LogP contribution in [0.25, 0.3) is 0 Å². The van der Waals surface area contributed by atoms with Crippen LogP contribution in [0, 0.1) is 0 Å². The summed E-state index contributed by atoms with van der Waals surface area (Å²) in [5, 5.41) is 2.94. The molecule has 1 amide bonds. The van der Waals surface area contributed by atoms with E-state index in [1.807, 2.05) is 30.3 Å². The average molecular weight is 307 g/mol. The van der Waals surface area contributed by atoms with Crippen LogP contribution in [0.15, 0.2) is 30.3 Å². The normalized spacial score (nSPS) is 34.7. The van der Waals surface area contributed by atoms with Gasteiger partial charge in [0.2, 0.25) is 5.91 Å². The molecule has 0 bridgehead atoms. The zero-order chi connectivity index (χ0) is 15.5. The predicted octanol–water partition coefficient (Wildman–Crippen LogP) is 1.37. The Kier molecular flexibility index (Phi) is 4.73. The third-order valence-corrected chi connectivity index (χ3v) is 3.95. The Morgan fingerprint density at radius 2 is 2.05 bits per heavy atom. The van der Waals surface area contributed by atoms with Gasteiger partial charge in [-0.25, -0.2) is 0 Å². The minimum absolute atomic E-state index is 0.0909. The molecule has 3 rings (SSSR count). The number of amides is 1. The predicted molar refractivity (Wildman–Crippen MR) is 77.9 cm³/mol. The lowest BCUT2D eigenvalue weighted by atomic mass is 9.97. The number of hydrogen-bond donors (Lipinski definition) is 1. The molecule has 22 heavy (non-hydrogen) atoms. The van der Waals surface area contributed by atoms with Crippen LogP contribution in [-0.2, 0) is 23.7 Å². The van der Waals surface area contributed by atoms with Gasteiger partial charge >= 0.3 is 0 Å². The van der Waals surface area contributed by atoms with Crippen LogP contribution in [0.1, 0.15) is 25.2 Å². The fraction of sp³-hybridized carbons (Fsp3) is 0.562. The monoisotopic (exact) mass is 307 g/mol. The minimum Gasteiger partial charge on any atom is -0.356 e. The maximum absolute atomic E-state index is 11.5. The summed E-state index contributed by atoms with van der Waals surface area (Å²) in [7, 11) is 1.59. The average Bonchev–Trinajstić information content (AvgIpc) is 2.54. The molecule has 1 N–H and O–H groups in total. The van der Waals surface area contributed by atoms with Crippen molar-refractivity contribution in [1.82, 2.24) is 5.32 Å². The summed E-state index contributed by atoms with van der Waals surface area (Å²) in [6.07, 6.45) is -0.761. The van der Waals surface area contributed by atoms with E-state index in [9.17, 15) is 4.79 Å². The van der Waals surface area contributed by atoms with Crippen LogP contribution in [-0.4, -0.2) is 44.2 Å². The van der Waals surface area contributed by atoms with Gasteiger partial charge in [0.25, 0.3) is 0 Å². The van der Waals surface area contributed by atoms with E-state index in [-0.39, 0.29) is 30.4 Å². The Hall–Kier alpha value is -1.47. The van der Waals surface area contributed by atoms with Crippen molar-refractivity contribution in [3.8, 4) is 0 Å². The SMILES string of the molecule is CO[C@@H]1C[C@H](NC(C)=O)[C@@H]2O[C@H](c3ccccc3)OC[C@H]2O1. The van der Waals surface area contributed by atoms with Gasteiger partial charge in [-0.05, 0) is 0 Å². The highest BCUT2D eigenvalue weighted by Crippen LogP contribution is 2.33. The molecular formula is C16H21NO5. The van der Waals surface area contributed by atoms with Crippen molar-refractivity contribution in [1.29, 1.82) is 0 Å². The lowest BCUT2D eigenvalue weighted by Crippen LogP contribution is -2.60. The largest absolute Gasteiger partial charge is 0.356 e. The van der Waals surface area contributed by atoms with Crippen molar-refractivity contribution in [2.45, 2.75) is 44.2 Å². The maximum atomic E-state index is 11.5. The Morgan fingerprint density at radius 3 is 2.73 bits per heavy atom. The van der Waals surface area contributed by atoms with Crippen molar-refractivity contribution in [2.75, 3.05) is 13.7 Å². The van der Waals surface area contributed by atoms with E-state index in [1.165, 1.54) is 6.92 Å². The van der Waals surface area contributed by atoms with Gasteiger partial charge in [-0.1, -0.05) is 30.3 Å². The minimum atomic E-state index is -0.443. The molecule has 1 aromatic carbocycles. The number of nitrogens with one attached hydrogen (secondary N) is 1. The Bertz CT molecular complexity index is 509. The molecule has 0 aromatic heterocycles. The lowest BCUT2D eigenvalue weighted by Gasteiger charge is -2.45. The van der Waals surface area contributed by atoms with Crippen LogP contribution in [0.2, 0.25) is 0 Å². The van der Waals surface area contributed by atoms with Crippen molar-refractivity contribution < 1.29 is 23.7 Å². The van der Waals surface area contributed by atoms with E-state index < -0.39 is 6.29 Å². The maximum Gasteiger partial charge on any atom is 0.217 e. The molecule has 120 valence electrons. The number of fused-ring (bicyclic) bond motifs is 1. The molecule has 2 aliphatic rings. The molecule has 5 atom stereocenters. The number of hydrogen-bond acceptors (Lipinski definition) is 5. The van der Waals surface area contributed by atoms with Gasteiger partial charge in [0, 0.05) is 26.0 Å². The molecule has 0 aliphatic carbocycles. The van der Waals surface area contributed by atoms with Crippen molar-refractivity contribution in [2.24, 2.45) is 0 Å². The second-order valence-electron chi connectivity index (χ2n) is 5.56. The Balaban J connectivity index is 1.75. The van der Waals surface area contributed by atoms with Gasteiger partial charge in [-0.3, -0.25) is 4.79 Å². The summed E-state index contributed by atoms with van der Waals surface area (Å²) in [4.78, 5) is 11.5. The number of benzene rings is 1. The first-order valence-electron chi connectivity index (χ1n) is 7.44. The molecule has 0 unspecified atom stereocenters. The van der Waals surface area contributed by atoms with Crippen LogP contribution >= 0.6 is 0 Å². The Labute approximate surface area is 129 Å². The van der Waals surface area contributed by atoms with E-state index in [0.29, 0.717) is 13.0 Å². The number of methoxy groups -OCH3 is 1. The van der Waals surface area contributed by atoms with Crippen LogP contribution in [0.5, 0.6) is 0 Å². The van der Waals surface area contributed by atoms with Crippen molar-refractivity contribution in [3.63, 3.8) is 0 Å². The first-order valence-corrected chi connectivity index (χ1v) is 7.44. The zero-order valence-electron chi connectivity index (χ0n) is 12.7. The highest BCUT2D eigenvalue weighted by molar-refractivity contribution is 5.73. The molecule has 0 spiro atoms. The smallest absolute Gasteiger partial charge is 0.217 e. The molecule has 2 aliphatic heterocycles. The van der Waals surface area contributed by atoms with Gasteiger partial charge < -0.3 is 24.3 Å². The zero-order valence-corrected chi connectivity index (χ0v) is 12.7. The van der Waals surface area contributed by atoms with Gasteiger partial charge in [-0.2, -0.15) is 0 Å².